The minimum atomic E-state index is -0.226. The van der Waals surface area contributed by atoms with E-state index < -0.39 is 0 Å². The van der Waals surface area contributed by atoms with Crippen LogP contribution in [0.1, 0.15) is 81.1 Å². The lowest BCUT2D eigenvalue weighted by atomic mass is 9.71. The summed E-state index contributed by atoms with van der Waals surface area (Å²) in [6.07, 6.45) is 7.14. The molecule has 0 amide bonds. The summed E-state index contributed by atoms with van der Waals surface area (Å²) in [5.74, 6) is 1.20. The van der Waals surface area contributed by atoms with Crippen molar-refractivity contribution in [2.75, 3.05) is 0 Å². The first kappa shape index (κ1) is 23.1. The Labute approximate surface area is 161 Å². The molecule has 0 aromatic rings. The third kappa shape index (κ3) is 5.06. The van der Waals surface area contributed by atoms with Crippen molar-refractivity contribution < 1.29 is 14.3 Å². The summed E-state index contributed by atoms with van der Waals surface area (Å²) in [6, 6.07) is 0. The average molecular weight is 365 g/mol. The van der Waals surface area contributed by atoms with Crippen LogP contribution in [0.5, 0.6) is 0 Å². The number of ether oxygens (including phenoxy) is 1. The predicted octanol–water partition coefficient (Wildman–Crippen LogP) is 5.62. The molecule has 3 heteroatoms. The Balaban J connectivity index is 2.88. The van der Waals surface area contributed by atoms with Crippen LogP contribution in [0.2, 0.25) is 0 Å². The Kier molecular flexibility index (Phi) is 8.72. The number of ketones is 2. The van der Waals surface area contributed by atoms with Crippen molar-refractivity contribution in [3.8, 4) is 0 Å². The monoisotopic (exact) mass is 364 g/mol. The summed E-state index contributed by atoms with van der Waals surface area (Å²) < 4.78 is 6.11. The molecule has 150 valence electrons. The van der Waals surface area contributed by atoms with Gasteiger partial charge in [0.1, 0.15) is 11.6 Å². The maximum atomic E-state index is 13.4. The highest BCUT2D eigenvalue weighted by atomic mass is 16.6. The van der Waals surface area contributed by atoms with E-state index in [4.69, 9.17) is 4.74 Å². The first-order valence-electron chi connectivity index (χ1n) is 10.5. The summed E-state index contributed by atoms with van der Waals surface area (Å²) in [5, 5.41) is 0. The molecule has 1 rings (SSSR count). The van der Waals surface area contributed by atoms with Gasteiger partial charge in [0.25, 0.3) is 0 Å². The van der Waals surface area contributed by atoms with Gasteiger partial charge in [-0.05, 0) is 38.5 Å². The predicted molar refractivity (Wildman–Crippen MR) is 108 cm³/mol. The van der Waals surface area contributed by atoms with Gasteiger partial charge in [-0.3, -0.25) is 9.59 Å². The minimum absolute atomic E-state index is 0.00747. The van der Waals surface area contributed by atoms with E-state index in [2.05, 4.69) is 53.7 Å². The van der Waals surface area contributed by atoms with E-state index in [1.54, 1.807) is 0 Å². The second kappa shape index (κ2) is 9.82. The number of carbonyl (C=O) groups excluding carboxylic acids is 2. The van der Waals surface area contributed by atoms with E-state index in [9.17, 15) is 9.59 Å². The Morgan fingerprint density at radius 1 is 1.08 bits per heavy atom. The zero-order chi connectivity index (χ0) is 20.1. The number of Topliss-reactive ketones (excluding diaryl/α,β-unsaturated/α-hetero) is 2. The highest BCUT2D eigenvalue weighted by molar-refractivity contribution is 5.85. The molecule has 0 radical (unpaired) electrons. The van der Waals surface area contributed by atoms with Crippen molar-refractivity contribution in [1.29, 1.82) is 0 Å². The SMILES string of the molecule is CC=CC(C)C1OC1(C)C(C)C(CC)C(=O)C(CC)C(C)CC(=O)CC. The summed E-state index contributed by atoms with van der Waals surface area (Å²) in [7, 11) is 0. The highest BCUT2D eigenvalue weighted by Crippen LogP contribution is 2.50. The number of epoxide rings is 1. The third-order valence-corrected chi connectivity index (χ3v) is 6.61. The molecule has 1 aliphatic rings. The lowest BCUT2D eigenvalue weighted by Gasteiger charge is -2.31. The fraction of sp³-hybridized carbons (Fsp3) is 0.826. The van der Waals surface area contributed by atoms with Gasteiger partial charge in [-0.1, -0.05) is 53.7 Å². The maximum absolute atomic E-state index is 13.4. The standard InChI is InChI=1S/C23H40O3/c1-9-13-15(5)22-23(8,26-22)17(7)20(12-4)21(25)19(11-3)16(6)14-18(24)10-2/h9,13,15-17,19-20,22H,10-12,14H2,1-8H3. The van der Waals surface area contributed by atoms with Crippen LogP contribution in [0, 0.1) is 29.6 Å². The van der Waals surface area contributed by atoms with Gasteiger partial charge < -0.3 is 4.74 Å². The zero-order valence-corrected chi connectivity index (χ0v) is 18.2. The van der Waals surface area contributed by atoms with Crippen LogP contribution < -0.4 is 0 Å². The van der Waals surface area contributed by atoms with E-state index in [-0.39, 0.29) is 41.2 Å². The van der Waals surface area contributed by atoms with Crippen molar-refractivity contribution in [2.24, 2.45) is 29.6 Å². The fourth-order valence-corrected chi connectivity index (χ4v) is 4.65. The molecule has 1 heterocycles. The van der Waals surface area contributed by atoms with Crippen molar-refractivity contribution in [2.45, 2.75) is 92.8 Å². The van der Waals surface area contributed by atoms with E-state index in [0.29, 0.717) is 24.5 Å². The number of hydrogen-bond acceptors (Lipinski definition) is 3. The van der Waals surface area contributed by atoms with E-state index in [0.717, 1.165) is 12.8 Å². The fourth-order valence-electron chi connectivity index (χ4n) is 4.65. The van der Waals surface area contributed by atoms with Gasteiger partial charge in [-0.15, -0.1) is 0 Å². The Morgan fingerprint density at radius 2 is 1.65 bits per heavy atom. The van der Waals surface area contributed by atoms with Gasteiger partial charge in [-0.25, -0.2) is 0 Å². The summed E-state index contributed by atoms with van der Waals surface area (Å²) in [4.78, 5) is 25.2. The Hall–Kier alpha value is -0.960. The molecular formula is C23H40O3. The van der Waals surface area contributed by atoms with Crippen LogP contribution in [0.15, 0.2) is 12.2 Å². The number of carbonyl (C=O) groups is 2. The molecule has 0 bridgehead atoms. The molecule has 1 fully saturated rings. The normalized spacial score (nSPS) is 28.4. The molecule has 26 heavy (non-hydrogen) atoms. The largest absolute Gasteiger partial charge is 0.365 e. The first-order valence-corrected chi connectivity index (χ1v) is 10.5. The zero-order valence-electron chi connectivity index (χ0n) is 18.2. The molecular weight excluding hydrogens is 324 g/mol. The van der Waals surface area contributed by atoms with E-state index >= 15 is 0 Å². The molecule has 1 saturated heterocycles. The molecule has 7 unspecified atom stereocenters. The van der Waals surface area contributed by atoms with Crippen LogP contribution in [0.4, 0.5) is 0 Å². The molecule has 0 aromatic heterocycles. The molecule has 0 aromatic carbocycles. The van der Waals surface area contributed by atoms with Gasteiger partial charge in [-0.2, -0.15) is 0 Å². The van der Waals surface area contributed by atoms with Crippen molar-refractivity contribution >= 4 is 11.6 Å². The second-order valence-electron chi connectivity index (χ2n) is 8.40. The van der Waals surface area contributed by atoms with Gasteiger partial charge in [0.2, 0.25) is 0 Å². The van der Waals surface area contributed by atoms with Crippen molar-refractivity contribution in [3.05, 3.63) is 12.2 Å². The Bertz CT molecular complexity index is 510. The topological polar surface area (TPSA) is 46.7 Å². The molecule has 0 spiro atoms. The molecule has 0 aliphatic carbocycles. The van der Waals surface area contributed by atoms with Crippen LogP contribution in [-0.4, -0.2) is 23.3 Å². The van der Waals surface area contributed by atoms with Gasteiger partial charge in [0, 0.05) is 30.6 Å². The lowest BCUT2D eigenvalue weighted by molar-refractivity contribution is -0.131. The van der Waals surface area contributed by atoms with Crippen LogP contribution in [0.25, 0.3) is 0 Å². The van der Waals surface area contributed by atoms with Crippen LogP contribution in [0.3, 0.4) is 0 Å². The minimum Gasteiger partial charge on any atom is -0.365 e. The average Bonchev–Trinajstić information content (AvgIpc) is 3.29. The maximum Gasteiger partial charge on any atom is 0.139 e. The molecule has 1 aliphatic heterocycles. The summed E-state index contributed by atoms with van der Waals surface area (Å²) >= 11 is 0. The quantitative estimate of drug-likeness (QED) is 0.333. The molecule has 0 N–H and O–H groups in total. The van der Waals surface area contributed by atoms with Crippen molar-refractivity contribution in [1.82, 2.24) is 0 Å². The molecule has 7 atom stereocenters. The molecule has 0 saturated carbocycles. The Morgan fingerprint density at radius 3 is 2.12 bits per heavy atom. The third-order valence-electron chi connectivity index (χ3n) is 6.61. The van der Waals surface area contributed by atoms with Gasteiger partial charge in [0.05, 0.1) is 11.7 Å². The summed E-state index contributed by atoms with van der Waals surface area (Å²) in [5.41, 5.74) is -0.226. The number of hydrogen-bond donors (Lipinski definition) is 0. The van der Waals surface area contributed by atoms with Gasteiger partial charge in [0.15, 0.2) is 0 Å². The summed E-state index contributed by atoms with van der Waals surface area (Å²) in [6.45, 7) is 16.7. The number of allylic oxidation sites excluding steroid dienone is 1. The van der Waals surface area contributed by atoms with Crippen LogP contribution in [-0.2, 0) is 14.3 Å². The smallest absolute Gasteiger partial charge is 0.139 e. The lowest BCUT2D eigenvalue weighted by Crippen LogP contribution is -2.38. The van der Waals surface area contributed by atoms with Crippen molar-refractivity contribution in [3.63, 3.8) is 0 Å². The first-order chi connectivity index (χ1) is 12.2. The second-order valence-corrected chi connectivity index (χ2v) is 8.40. The van der Waals surface area contributed by atoms with Crippen LogP contribution >= 0.6 is 0 Å². The van der Waals surface area contributed by atoms with Gasteiger partial charge >= 0.3 is 0 Å². The number of rotatable bonds is 12. The molecule has 3 nitrogen and oxygen atoms in total. The van der Waals surface area contributed by atoms with E-state index in [1.807, 2.05) is 13.8 Å². The van der Waals surface area contributed by atoms with E-state index in [1.165, 1.54) is 0 Å². The highest BCUT2D eigenvalue weighted by Gasteiger charge is 2.59.